The van der Waals surface area contributed by atoms with Crippen LogP contribution in [0.1, 0.15) is 12.8 Å². The minimum Gasteiger partial charge on any atom is -0.477 e. The highest BCUT2D eigenvalue weighted by atomic mass is 79.9. The van der Waals surface area contributed by atoms with Crippen LogP contribution in [0.15, 0.2) is 21.6 Å². The van der Waals surface area contributed by atoms with Crippen LogP contribution >= 0.6 is 15.9 Å². The first-order valence-electron chi connectivity index (χ1n) is 6.43. The minimum absolute atomic E-state index is 0.120. The van der Waals surface area contributed by atoms with Crippen LogP contribution in [-0.2, 0) is 14.8 Å². The first kappa shape index (κ1) is 14.2. The molecular formula is C12H15BrN2O4S. The van der Waals surface area contributed by atoms with E-state index in [9.17, 15) is 8.42 Å². The Morgan fingerprint density at radius 3 is 2.75 bits per heavy atom. The van der Waals surface area contributed by atoms with E-state index in [0.717, 1.165) is 0 Å². The first-order chi connectivity index (χ1) is 9.54. The van der Waals surface area contributed by atoms with Gasteiger partial charge in [0, 0.05) is 0 Å². The lowest BCUT2D eigenvalue weighted by molar-refractivity contribution is 0.00482. The van der Waals surface area contributed by atoms with Gasteiger partial charge in [0.1, 0.15) is 4.90 Å². The number of hydrogen-bond donors (Lipinski definition) is 1. The molecule has 0 amide bonds. The van der Waals surface area contributed by atoms with Crippen LogP contribution in [0.4, 0.5) is 0 Å². The maximum atomic E-state index is 12.1. The Kier molecular flexibility index (Phi) is 3.98. The fraction of sp³-hybridized carbons (Fsp3) is 0.583. The topological polar surface area (TPSA) is 77.5 Å². The molecule has 0 spiro atoms. The number of halogens is 1. The molecule has 1 aromatic rings. The lowest BCUT2D eigenvalue weighted by Crippen LogP contribution is -2.48. The smallest absolute Gasteiger partial charge is 0.242 e. The Hall–Kier alpha value is -0.700. The lowest BCUT2D eigenvalue weighted by atomic mass is 10.3. The molecule has 110 valence electrons. The summed E-state index contributed by atoms with van der Waals surface area (Å²) in [6.45, 7) is 1.46. The molecule has 3 rings (SSSR count). The number of hydrogen-bond acceptors (Lipinski definition) is 5. The van der Waals surface area contributed by atoms with Crippen molar-refractivity contribution in [3.05, 3.63) is 16.7 Å². The Bertz CT molecular complexity index is 599. The Labute approximate surface area is 126 Å². The molecule has 1 N–H and O–H groups in total. The van der Waals surface area contributed by atoms with Crippen molar-refractivity contribution < 1.29 is 17.9 Å². The highest BCUT2D eigenvalue weighted by molar-refractivity contribution is 9.10. The molecule has 6 nitrogen and oxygen atoms in total. The van der Waals surface area contributed by atoms with Crippen molar-refractivity contribution in [2.45, 2.75) is 23.8 Å². The number of rotatable bonds is 6. The summed E-state index contributed by atoms with van der Waals surface area (Å²) < 4.78 is 37.8. The maximum Gasteiger partial charge on any atom is 0.242 e. The highest BCUT2D eigenvalue weighted by Gasteiger charge is 2.27. The second kappa shape index (κ2) is 5.59. The van der Waals surface area contributed by atoms with Gasteiger partial charge in [0.25, 0.3) is 0 Å². The summed E-state index contributed by atoms with van der Waals surface area (Å²) in [4.78, 5) is 4.20. The monoisotopic (exact) mass is 362 g/mol. The second-order valence-electron chi connectivity index (χ2n) is 5.07. The van der Waals surface area contributed by atoms with Gasteiger partial charge in [0.15, 0.2) is 0 Å². The standard InChI is InChI=1S/C12H15BrN2O4S/c13-11-3-10(20(16,17)15-9-6-18-7-9)4-14-12(11)19-5-8-1-2-8/h3-4,8-9,15H,1-2,5-7H2. The van der Waals surface area contributed by atoms with Gasteiger partial charge in [0.05, 0.1) is 36.5 Å². The summed E-state index contributed by atoms with van der Waals surface area (Å²) in [6, 6.07) is 1.36. The third-order valence-corrected chi connectivity index (χ3v) is 5.26. The Morgan fingerprint density at radius 2 is 2.20 bits per heavy atom. The van der Waals surface area contributed by atoms with Gasteiger partial charge >= 0.3 is 0 Å². The summed E-state index contributed by atoms with van der Waals surface area (Å²) in [7, 11) is -3.56. The van der Waals surface area contributed by atoms with Crippen molar-refractivity contribution in [3.63, 3.8) is 0 Å². The highest BCUT2D eigenvalue weighted by Crippen LogP contribution is 2.31. The van der Waals surface area contributed by atoms with Crippen LogP contribution in [0.25, 0.3) is 0 Å². The van der Waals surface area contributed by atoms with Gasteiger partial charge in [-0.2, -0.15) is 0 Å². The van der Waals surface area contributed by atoms with E-state index in [4.69, 9.17) is 9.47 Å². The van der Waals surface area contributed by atoms with E-state index in [1.807, 2.05) is 0 Å². The van der Waals surface area contributed by atoms with E-state index in [-0.39, 0.29) is 10.9 Å². The number of sulfonamides is 1. The molecule has 1 saturated heterocycles. The molecule has 1 saturated carbocycles. The molecular weight excluding hydrogens is 348 g/mol. The molecule has 1 aromatic heterocycles. The molecule has 1 aliphatic heterocycles. The van der Waals surface area contributed by atoms with Crippen molar-refractivity contribution >= 4 is 26.0 Å². The van der Waals surface area contributed by atoms with Crippen molar-refractivity contribution in [1.29, 1.82) is 0 Å². The summed E-state index contributed by atoms with van der Waals surface area (Å²) >= 11 is 3.30. The van der Waals surface area contributed by atoms with E-state index in [1.165, 1.54) is 25.1 Å². The van der Waals surface area contributed by atoms with Crippen molar-refractivity contribution in [2.24, 2.45) is 5.92 Å². The normalized spacial score (nSPS) is 19.6. The molecule has 2 fully saturated rings. The van der Waals surface area contributed by atoms with Crippen LogP contribution in [-0.4, -0.2) is 39.3 Å². The molecule has 0 bridgehead atoms. The molecule has 2 heterocycles. The van der Waals surface area contributed by atoms with Gasteiger partial charge in [0.2, 0.25) is 15.9 Å². The molecule has 0 atom stereocenters. The zero-order valence-corrected chi connectivity index (χ0v) is 13.1. The van der Waals surface area contributed by atoms with Crippen LogP contribution in [0, 0.1) is 5.92 Å². The summed E-state index contributed by atoms with van der Waals surface area (Å²) in [5.41, 5.74) is 0. The van der Waals surface area contributed by atoms with Crippen molar-refractivity contribution in [3.8, 4) is 5.88 Å². The third-order valence-electron chi connectivity index (χ3n) is 3.21. The number of pyridine rings is 1. The van der Waals surface area contributed by atoms with E-state index >= 15 is 0 Å². The van der Waals surface area contributed by atoms with Gasteiger partial charge in [-0.1, -0.05) is 0 Å². The maximum absolute atomic E-state index is 12.1. The van der Waals surface area contributed by atoms with Gasteiger partial charge in [-0.3, -0.25) is 0 Å². The van der Waals surface area contributed by atoms with E-state index < -0.39 is 10.0 Å². The molecule has 2 aliphatic rings. The summed E-state index contributed by atoms with van der Waals surface area (Å²) in [6.07, 6.45) is 3.70. The van der Waals surface area contributed by atoms with Crippen LogP contribution in [0.3, 0.4) is 0 Å². The van der Waals surface area contributed by atoms with Crippen LogP contribution < -0.4 is 9.46 Å². The van der Waals surface area contributed by atoms with Crippen molar-refractivity contribution in [1.82, 2.24) is 9.71 Å². The average Bonchev–Trinajstić information content (AvgIpc) is 3.16. The SMILES string of the molecule is O=S(=O)(NC1COC1)c1cnc(OCC2CC2)c(Br)c1. The quantitative estimate of drug-likeness (QED) is 0.825. The molecule has 0 unspecified atom stereocenters. The van der Waals surface area contributed by atoms with Gasteiger partial charge in [-0.05, 0) is 40.8 Å². The predicted octanol–water partition coefficient (Wildman–Crippen LogP) is 1.31. The predicted molar refractivity (Wildman–Crippen MR) is 75.1 cm³/mol. The molecule has 8 heteroatoms. The third kappa shape index (κ3) is 3.30. The van der Waals surface area contributed by atoms with Gasteiger partial charge in [-0.25, -0.2) is 18.1 Å². The van der Waals surface area contributed by atoms with Crippen LogP contribution in [0.2, 0.25) is 0 Å². The van der Waals surface area contributed by atoms with Crippen molar-refractivity contribution in [2.75, 3.05) is 19.8 Å². The van der Waals surface area contributed by atoms with Gasteiger partial charge < -0.3 is 9.47 Å². The Morgan fingerprint density at radius 1 is 1.45 bits per heavy atom. The molecule has 1 aliphatic carbocycles. The molecule has 0 aromatic carbocycles. The summed E-state index contributed by atoms with van der Waals surface area (Å²) in [5, 5.41) is 0. The molecule has 0 radical (unpaired) electrons. The minimum atomic E-state index is -3.56. The fourth-order valence-electron chi connectivity index (χ4n) is 1.73. The zero-order chi connectivity index (χ0) is 14.2. The van der Waals surface area contributed by atoms with Gasteiger partial charge in [-0.15, -0.1) is 0 Å². The second-order valence-corrected chi connectivity index (χ2v) is 7.64. The van der Waals surface area contributed by atoms with E-state index in [1.54, 1.807) is 0 Å². The van der Waals surface area contributed by atoms with E-state index in [2.05, 4.69) is 25.6 Å². The number of nitrogens with zero attached hydrogens (tertiary/aromatic N) is 1. The average molecular weight is 363 g/mol. The van der Waals surface area contributed by atoms with Crippen LogP contribution in [0.5, 0.6) is 5.88 Å². The fourth-order valence-corrected chi connectivity index (χ4v) is 3.52. The first-order valence-corrected chi connectivity index (χ1v) is 8.70. The summed E-state index contributed by atoms with van der Waals surface area (Å²) in [5.74, 6) is 1.05. The largest absolute Gasteiger partial charge is 0.477 e. The Balaban J connectivity index is 1.70. The molecule has 20 heavy (non-hydrogen) atoms. The number of nitrogens with one attached hydrogen (secondary N) is 1. The zero-order valence-electron chi connectivity index (χ0n) is 10.7. The number of ether oxygens (including phenoxy) is 2. The number of aromatic nitrogens is 1. The van der Waals surface area contributed by atoms with E-state index in [0.29, 0.717) is 36.1 Å². The lowest BCUT2D eigenvalue weighted by Gasteiger charge is -2.26.